The number of likely N-dealkylation sites (N-methyl/N-ethyl adjacent to an activating group) is 1. The average molecular weight is 322 g/mol. The summed E-state index contributed by atoms with van der Waals surface area (Å²) in [7, 11) is 1.50. The van der Waals surface area contributed by atoms with Crippen molar-refractivity contribution in [3.8, 4) is 11.1 Å². The van der Waals surface area contributed by atoms with Crippen LogP contribution in [0.1, 0.15) is 34.1 Å². The maximum absolute atomic E-state index is 12.7. The molecule has 24 heavy (non-hydrogen) atoms. The van der Waals surface area contributed by atoms with E-state index in [9.17, 15) is 14.4 Å². The third-order valence-corrected chi connectivity index (χ3v) is 4.27. The van der Waals surface area contributed by atoms with Crippen LogP contribution in [-0.2, 0) is 4.79 Å². The van der Waals surface area contributed by atoms with Crippen molar-refractivity contribution in [2.45, 2.75) is 19.4 Å². The highest BCUT2D eigenvalue weighted by molar-refractivity contribution is 6.23. The number of carbonyl (C=O) groups excluding carboxylic acids is 3. The summed E-state index contributed by atoms with van der Waals surface area (Å²) < 4.78 is 0. The van der Waals surface area contributed by atoms with Gasteiger partial charge in [-0.1, -0.05) is 43.3 Å². The lowest BCUT2D eigenvalue weighted by Crippen LogP contribution is -2.48. The van der Waals surface area contributed by atoms with E-state index in [0.717, 1.165) is 16.0 Å². The third kappa shape index (κ3) is 2.48. The highest BCUT2D eigenvalue weighted by Crippen LogP contribution is 2.30. The molecule has 3 amide bonds. The predicted octanol–water partition coefficient (Wildman–Crippen LogP) is 2.47. The number of hydrogen-bond acceptors (Lipinski definition) is 3. The van der Waals surface area contributed by atoms with Gasteiger partial charge in [0, 0.05) is 7.05 Å². The number of fused-ring (bicyclic) bond motifs is 1. The first-order valence-corrected chi connectivity index (χ1v) is 7.87. The lowest BCUT2D eigenvalue weighted by molar-refractivity contribution is -0.124. The fourth-order valence-electron chi connectivity index (χ4n) is 3.00. The second-order valence-electron chi connectivity index (χ2n) is 5.64. The van der Waals surface area contributed by atoms with Gasteiger partial charge in [0.1, 0.15) is 6.04 Å². The number of nitrogens with zero attached hydrogens (tertiary/aromatic N) is 1. The van der Waals surface area contributed by atoms with Crippen molar-refractivity contribution >= 4 is 17.7 Å². The highest BCUT2D eigenvalue weighted by atomic mass is 16.2. The molecule has 0 unspecified atom stereocenters. The number of benzene rings is 2. The summed E-state index contributed by atoms with van der Waals surface area (Å²) in [6.45, 7) is 1.78. The molecule has 1 aliphatic rings. The van der Waals surface area contributed by atoms with E-state index in [1.165, 1.54) is 7.05 Å². The van der Waals surface area contributed by atoms with Crippen molar-refractivity contribution in [1.29, 1.82) is 0 Å². The summed E-state index contributed by atoms with van der Waals surface area (Å²) in [5.41, 5.74) is 2.54. The predicted molar refractivity (Wildman–Crippen MR) is 90.5 cm³/mol. The standard InChI is InChI=1S/C19H18N2O3/c1-3-16(17(22)20-2)21-18(23)14-10-9-13(11-15(14)19(21)24)12-7-5-4-6-8-12/h4-11,16H,3H2,1-2H3,(H,20,22)/t16-/m0/s1. The van der Waals surface area contributed by atoms with Gasteiger partial charge in [0.2, 0.25) is 5.91 Å². The van der Waals surface area contributed by atoms with E-state index in [-0.39, 0.29) is 5.91 Å². The summed E-state index contributed by atoms with van der Waals surface area (Å²) in [5, 5.41) is 2.51. The van der Waals surface area contributed by atoms with Crippen molar-refractivity contribution in [2.75, 3.05) is 7.05 Å². The SMILES string of the molecule is CC[C@@H](C(=O)NC)N1C(=O)c2ccc(-c3ccccc3)cc2C1=O. The molecule has 0 saturated carbocycles. The minimum absolute atomic E-state index is 0.338. The van der Waals surface area contributed by atoms with Gasteiger partial charge in [0.25, 0.3) is 11.8 Å². The number of carbonyl (C=O) groups is 3. The molecule has 2 aromatic carbocycles. The summed E-state index contributed by atoms with van der Waals surface area (Å²) in [6.07, 6.45) is 0.372. The second kappa shape index (κ2) is 6.28. The van der Waals surface area contributed by atoms with Gasteiger partial charge < -0.3 is 5.32 Å². The fraction of sp³-hybridized carbons (Fsp3) is 0.211. The average Bonchev–Trinajstić information content (AvgIpc) is 2.87. The van der Waals surface area contributed by atoms with Crippen LogP contribution in [0.2, 0.25) is 0 Å². The molecule has 0 radical (unpaired) electrons. The summed E-state index contributed by atoms with van der Waals surface area (Å²) >= 11 is 0. The lowest BCUT2D eigenvalue weighted by atomic mass is 10.0. The Kier molecular flexibility index (Phi) is 4.16. The quantitative estimate of drug-likeness (QED) is 0.879. The van der Waals surface area contributed by atoms with Crippen molar-refractivity contribution in [1.82, 2.24) is 10.2 Å². The number of amides is 3. The van der Waals surface area contributed by atoms with Gasteiger partial charge in [-0.2, -0.15) is 0 Å². The maximum Gasteiger partial charge on any atom is 0.262 e. The van der Waals surface area contributed by atoms with E-state index in [4.69, 9.17) is 0 Å². The van der Waals surface area contributed by atoms with Crippen molar-refractivity contribution < 1.29 is 14.4 Å². The van der Waals surface area contributed by atoms with Crippen LogP contribution in [0.4, 0.5) is 0 Å². The topological polar surface area (TPSA) is 66.5 Å². The first kappa shape index (κ1) is 15.9. The van der Waals surface area contributed by atoms with Crippen LogP contribution >= 0.6 is 0 Å². The molecule has 1 aliphatic heterocycles. The van der Waals surface area contributed by atoms with E-state index < -0.39 is 17.9 Å². The van der Waals surface area contributed by atoms with E-state index in [1.807, 2.05) is 36.4 Å². The molecule has 122 valence electrons. The lowest BCUT2D eigenvalue weighted by Gasteiger charge is -2.23. The molecular weight excluding hydrogens is 304 g/mol. The molecule has 0 fully saturated rings. The van der Waals surface area contributed by atoms with Crippen molar-refractivity contribution in [2.24, 2.45) is 0 Å². The fourth-order valence-corrected chi connectivity index (χ4v) is 3.00. The Bertz CT molecular complexity index is 815. The largest absolute Gasteiger partial charge is 0.357 e. The van der Waals surface area contributed by atoms with Gasteiger partial charge in [-0.25, -0.2) is 0 Å². The Hall–Kier alpha value is -2.95. The molecule has 0 spiro atoms. The zero-order chi connectivity index (χ0) is 17.3. The number of rotatable bonds is 4. The normalized spacial score (nSPS) is 14.5. The first-order chi connectivity index (χ1) is 11.6. The van der Waals surface area contributed by atoms with Gasteiger partial charge in [-0.05, 0) is 29.7 Å². The van der Waals surface area contributed by atoms with Gasteiger partial charge in [0.05, 0.1) is 11.1 Å². The van der Waals surface area contributed by atoms with Crippen LogP contribution in [0, 0.1) is 0 Å². The van der Waals surface area contributed by atoms with Crippen LogP contribution in [0.25, 0.3) is 11.1 Å². The first-order valence-electron chi connectivity index (χ1n) is 7.87. The Morgan fingerprint density at radius 3 is 2.29 bits per heavy atom. The van der Waals surface area contributed by atoms with Crippen LogP contribution in [0.5, 0.6) is 0 Å². The minimum Gasteiger partial charge on any atom is -0.357 e. The smallest absolute Gasteiger partial charge is 0.262 e. The zero-order valence-corrected chi connectivity index (χ0v) is 13.6. The molecule has 0 saturated heterocycles. The molecule has 3 rings (SSSR count). The van der Waals surface area contributed by atoms with Crippen molar-refractivity contribution in [3.63, 3.8) is 0 Å². The third-order valence-electron chi connectivity index (χ3n) is 4.27. The maximum atomic E-state index is 12.7. The Morgan fingerprint density at radius 1 is 1.00 bits per heavy atom. The molecule has 2 aromatic rings. The van der Waals surface area contributed by atoms with E-state index in [1.54, 1.807) is 19.1 Å². The van der Waals surface area contributed by atoms with Gasteiger partial charge >= 0.3 is 0 Å². The monoisotopic (exact) mass is 322 g/mol. The van der Waals surface area contributed by atoms with Crippen LogP contribution in [0.15, 0.2) is 48.5 Å². The molecule has 0 aromatic heterocycles. The summed E-state index contributed by atoms with van der Waals surface area (Å²) in [5.74, 6) is -1.16. The Morgan fingerprint density at radius 2 is 1.67 bits per heavy atom. The molecule has 1 heterocycles. The highest BCUT2D eigenvalue weighted by Gasteiger charge is 2.41. The van der Waals surface area contributed by atoms with Crippen LogP contribution < -0.4 is 5.32 Å². The molecule has 1 atom stereocenters. The van der Waals surface area contributed by atoms with E-state index >= 15 is 0 Å². The number of hydrogen-bond donors (Lipinski definition) is 1. The molecular formula is C19H18N2O3. The Labute approximate surface area is 140 Å². The number of nitrogens with one attached hydrogen (secondary N) is 1. The Balaban J connectivity index is 2.02. The van der Waals surface area contributed by atoms with Crippen LogP contribution in [0.3, 0.4) is 0 Å². The van der Waals surface area contributed by atoms with Gasteiger partial charge in [-0.15, -0.1) is 0 Å². The molecule has 5 nitrogen and oxygen atoms in total. The molecule has 1 N–H and O–H groups in total. The molecule has 5 heteroatoms. The minimum atomic E-state index is -0.789. The summed E-state index contributed by atoms with van der Waals surface area (Å²) in [4.78, 5) is 38.4. The second-order valence-corrected chi connectivity index (χ2v) is 5.64. The number of imide groups is 1. The van der Waals surface area contributed by atoms with Gasteiger partial charge in [0.15, 0.2) is 0 Å². The van der Waals surface area contributed by atoms with E-state index in [0.29, 0.717) is 17.5 Å². The van der Waals surface area contributed by atoms with Crippen molar-refractivity contribution in [3.05, 3.63) is 59.7 Å². The molecule has 0 bridgehead atoms. The van der Waals surface area contributed by atoms with Gasteiger partial charge in [-0.3, -0.25) is 19.3 Å². The molecule has 0 aliphatic carbocycles. The van der Waals surface area contributed by atoms with E-state index in [2.05, 4.69) is 5.32 Å². The summed E-state index contributed by atoms with van der Waals surface area (Å²) in [6, 6.07) is 14.1. The van der Waals surface area contributed by atoms with Crippen LogP contribution in [-0.4, -0.2) is 35.7 Å². The zero-order valence-electron chi connectivity index (χ0n) is 13.6.